The summed E-state index contributed by atoms with van der Waals surface area (Å²) in [7, 11) is -12.0. The van der Waals surface area contributed by atoms with Gasteiger partial charge in [-0.25, -0.2) is 25.3 Å². The van der Waals surface area contributed by atoms with Crippen molar-refractivity contribution in [2.75, 3.05) is 39.3 Å². The second-order valence-corrected chi connectivity index (χ2v) is 15.4. The highest BCUT2D eigenvalue weighted by molar-refractivity contribution is 7.92. The predicted octanol–water partition coefficient (Wildman–Crippen LogP) is 2.00. The Balaban J connectivity index is 1.70. The van der Waals surface area contributed by atoms with E-state index < -0.39 is 30.1 Å². The molecule has 1 fully saturated rings. The zero-order valence-electron chi connectivity index (χ0n) is 23.7. The maximum absolute atomic E-state index is 13.5. The minimum Gasteiger partial charge on any atom is -0.211 e. The molecule has 223 valence electrons. The second kappa shape index (κ2) is 14.1. The van der Waals surface area contributed by atoms with E-state index in [9.17, 15) is 25.3 Å². The quantitative estimate of drug-likeness (QED) is 0.449. The first kappa shape index (κ1) is 32.8. The Morgan fingerprint density at radius 3 is 1.05 bits per heavy atom. The van der Waals surface area contributed by atoms with Crippen LogP contribution in [0.15, 0.2) is 58.3 Å². The van der Waals surface area contributed by atoms with Gasteiger partial charge in [-0.05, 0) is 63.8 Å². The van der Waals surface area contributed by atoms with E-state index in [2.05, 4.69) is 35.5 Å². The van der Waals surface area contributed by atoms with E-state index in [1.54, 1.807) is 37.1 Å². The van der Waals surface area contributed by atoms with Crippen molar-refractivity contribution in [3.05, 3.63) is 90.6 Å². The summed E-state index contributed by atoms with van der Waals surface area (Å²) >= 11 is 0. The average molecular weight is 637 g/mol. The highest BCUT2D eigenvalue weighted by Crippen LogP contribution is 2.30. The van der Waals surface area contributed by atoms with Crippen molar-refractivity contribution in [2.24, 2.45) is 0 Å². The van der Waals surface area contributed by atoms with Gasteiger partial charge in [-0.1, -0.05) is 70.9 Å². The molecule has 2 aromatic carbocycles. The maximum atomic E-state index is 13.5. The zero-order valence-corrected chi connectivity index (χ0v) is 26.1. The first-order chi connectivity index (χ1) is 20.4. The molecule has 0 amide bonds. The molecule has 5 radical (unpaired) electrons. The van der Waals surface area contributed by atoms with E-state index in [4.69, 9.17) is 0 Å². The summed E-state index contributed by atoms with van der Waals surface area (Å²) in [4.78, 5) is 0.106. The SMILES string of the molecule is Cc1ccc(S(=O)(=O)N2CC#CCN(S(=O)(=O)[C]3[CH][CH][CH][CH]3)CC#CCN(S(=O)(=O)c3ccc(C)cc3)CC#CC2)cc1. The Kier molecular flexibility index (Phi) is 10.7. The summed E-state index contributed by atoms with van der Waals surface area (Å²) in [6.07, 6.45) is 6.10. The lowest BCUT2D eigenvalue weighted by Gasteiger charge is -2.21. The van der Waals surface area contributed by atoms with Gasteiger partial charge in [0.2, 0.25) is 30.1 Å². The molecule has 0 aromatic heterocycles. The number of rotatable bonds is 6. The molecule has 1 aliphatic carbocycles. The highest BCUT2D eigenvalue weighted by atomic mass is 32.2. The van der Waals surface area contributed by atoms with Crippen LogP contribution in [0.2, 0.25) is 0 Å². The largest absolute Gasteiger partial charge is 0.244 e. The lowest BCUT2D eigenvalue weighted by molar-refractivity contribution is 0.477. The standard InChI is InChI=1S/C31H30N3O6S3/c1-27-13-17-30(18-14-27)42(37,38)33-23-7-5-21-32(41(35,36)29-11-3-4-12-29)22-6-8-24-34(26-10-9-25-33)43(39,40)31-19-15-28(2)16-20-31/h3-4,11-20H,21-26H2,1-2H3. The van der Waals surface area contributed by atoms with Gasteiger partial charge in [-0.15, -0.1) is 0 Å². The summed E-state index contributed by atoms with van der Waals surface area (Å²) < 4.78 is 83.6. The molecule has 0 bridgehead atoms. The van der Waals surface area contributed by atoms with E-state index in [1.165, 1.54) is 37.1 Å². The number of hydrogen-bond donors (Lipinski definition) is 0. The molecule has 2 aliphatic rings. The third-order valence-corrected chi connectivity index (χ3v) is 11.9. The minimum atomic E-state index is -4.02. The van der Waals surface area contributed by atoms with Crippen molar-refractivity contribution in [3.8, 4) is 35.5 Å². The van der Waals surface area contributed by atoms with Crippen LogP contribution in [0.4, 0.5) is 0 Å². The van der Waals surface area contributed by atoms with Crippen LogP contribution in [-0.4, -0.2) is 77.4 Å². The third kappa shape index (κ3) is 8.07. The molecular formula is C31H30N3O6S3. The summed E-state index contributed by atoms with van der Waals surface area (Å²) in [5.41, 5.74) is 1.78. The summed E-state index contributed by atoms with van der Waals surface area (Å²) in [6, 6.07) is 12.7. The molecule has 0 N–H and O–H groups in total. The molecule has 1 heterocycles. The second-order valence-electron chi connectivity index (χ2n) is 9.63. The van der Waals surface area contributed by atoms with Crippen LogP contribution in [-0.2, 0) is 30.1 Å². The van der Waals surface area contributed by atoms with Crippen molar-refractivity contribution in [2.45, 2.75) is 23.6 Å². The van der Waals surface area contributed by atoms with Crippen LogP contribution < -0.4 is 0 Å². The molecular weight excluding hydrogens is 607 g/mol. The fourth-order valence-corrected chi connectivity index (χ4v) is 7.70. The molecule has 9 nitrogen and oxygen atoms in total. The van der Waals surface area contributed by atoms with E-state index in [-0.39, 0.29) is 54.3 Å². The van der Waals surface area contributed by atoms with Crippen LogP contribution >= 0.6 is 0 Å². The molecule has 2 aromatic rings. The first-order valence-corrected chi connectivity index (χ1v) is 17.5. The Hall–Kier alpha value is -3.15. The van der Waals surface area contributed by atoms with E-state index in [0.29, 0.717) is 0 Å². The molecule has 0 unspecified atom stereocenters. The van der Waals surface area contributed by atoms with Crippen LogP contribution in [0.5, 0.6) is 0 Å². The van der Waals surface area contributed by atoms with Crippen molar-refractivity contribution in [1.82, 2.24) is 12.9 Å². The van der Waals surface area contributed by atoms with Crippen molar-refractivity contribution in [3.63, 3.8) is 0 Å². The number of hydrogen-bond acceptors (Lipinski definition) is 6. The van der Waals surface area contributed by atoms with Gasteiger partial charge in [0.25, 0.3) is 0 Å². The highest BCUT2D eigenvalue weighted by Gasteiger charge is 2.35. The molecule has 1 saturated carbocycles. The normalized spacial score (nSPS) is 18.7. The fourth-order valence-electron chi connectivity index (χ4n) is 3.94. The molecule has 0 saturated heterocycles. The summed E-state index contributed by atoms with van der Waals surface area (Å²) in [5.74, 6) is 16.6. The third-order valence-electron chi connectivity index (χ3n) is 6.49. The predicted molar refractivity (Wildman–Crippen MR) is 164 cm³/mol. The van der Waals surface area contributed by atoms with Crippen LogP contribution in [0.3, 0.4) is 0 Å². The monoisotopic (exact) mass is 636 g/mol. The number of sulfonamides is 3. The lowest BCUT2D eigenvalue weighted by atomic mass is 10.2. The van der Waals surface area contributed by atoms with Gasteiger partial charge < -0.3 is 0 Å². The fraction of sp³-hybridized carbons (Fsp3) is 0.258. The van der Waals surface area contributed by atoms with Crippen molar-refractivity contribution >= 4 is 30.1 Å². The molecule has 0 spiro atoms. The Bertz CT molecular complexity index is 1700. The maximum Gasteiger partial charge on any atom is 0.244 e. The number of aryl methyl sites for hydroxylation is 2. The van der Waals surface area contributed by atoms with Gasteiger partial charge >= 0.3 is 0 Å². The Morgan fingerprint density at radius 2 is 0.744 bits per heavy atom. The summed E-state index contributed by atoms with van der Waals surface area (Å²) in [6.45, 7) is 2.14. The minimum absolute atomic E-state index is 0.0528. The smallest absolute Gasteiger partial charge is 0.211 e. The molecule has 12 heteroatoms. The Morgan fingerprint density at radius 1 is 0.465 bits per heavy atom. The van der Waals surface area contributed by atoms with E-state index in [0.717, 1.165) is 24.0 Å². The molecule has 43 heavy (non-hydrogen) atoms. The van der Waals surface area contributed by atoms with Gasteiger partial charge in [0.15, 0.2) is 0 Å². The number of nitrogens with zero attached hydrogens (tertiary/aromatic N) is 3. The van der Waals surface area contributed by atoms with Crippen LogP contribution in [0, 0.1) is 80.3 Å². The zero-order chi connectivity index (χ0) is 31.1. The van der Waals surface area contributed by atoms with E-state index >= 15 is 0 Å². The number of benzene rings is 2. The average Bonchev–Trinajstić information content (AvgIpc) is 3.52. The van der Waals surface area contributed by atoms with Crippen molar-refractivity contribution in [1.29, 1.82) is 0 Å². The van der Waals surface area contributed by atoms with Gasteiger partial charge in [0.1, 0.15) is 5.25 Å². The van der Waals surface area contributed by atoms with Crippen molar-refractivity contribution < 1.29 is 25.3 Å². The molecule has 1 aliphatic heterocycles. The summed E-state index contributed by atoms with van der Waals surface area (Å²) in [5, 5.41) is 0.0644. The van der Waals surface area contributed by atoms with Crippen LogP contribution in [0.25, 0.3) is 0 Å². The van der Waals surface area contributed by atoms with E-state index in [1.807, 2.05) is 13.8 Å². The molecule has 0 atom stereocenters. The molecule has 4 rings (SSSR count). The Labute approximate surface area is 256 Å². The van der Waals surface area contributed by atoms with Gasteiger partial charge in [0, 0.05) is 0 Å². The topological polar surface area (TPSA) is 112 Å². The van der Waals surface area contributed by atoms with Crippen LogP contribution in [0.1, 0.15) is 11.1 Å². The first-order valence-electron chi connectivity index (χ1n) is 13.1. The van der Waals surface area contributed by atoms with Gasteiger partial charge in [-0.2, -0.15) is 12.9 Å². The van der Waals surface area contributed by atoms with Gasteiger partial charge in [-0.3, -0.25) is 0 Å². The van der Waals surface area contributed by atoms with Gasteiger partial charge in [0.05, 0.1) is 49.1 Å². The lowest BCUT2D eigenvalue weighted by Crippen LogP contribution is -2.35.